The van der Waals surface area contributed by atoms with E-state index in [1.807, 2.05) is 24.3 Å². The first-order valence-corrected chi connectivity index (χ1v) is 9.91. The number of hydrogen-bond acceptors (Lipinski definition) is 5. The van der Waals surface area contributed by atoms with Gasteiger partial charge in [-0.2, -0.15) is 5.10 Å². The number of para-hydroxylation sites is 1. The predicted molar refractivity (Wildman–Crippen MR) is 114 cm³/mol. The number of carbonyl (C=O) groups is 2. The third-order valence-corrected chi connectivity index (χ3v) is 5.25. The number of piperazine rings is 1. The van der Waals surface area contributed by atoms with E-state index in [4.69, 9.17) is 0 Å². The lowest BCUT2D eigenvalue weighted by Gasteiger charge is -2.36. The number of carbonyl (C=O) groups excluding carboxylic acids is 2. The van der Waals surface area contributed by atoms with E-state index < -0.39 is 5.91 Å². The molecule has 1 N–H and O–H groups in total. The number of fused-ring (bicyclic) bond motifs is 1. The second-order valence-electron chi connectivity index (χ2n) is 7.17. The van der Waals surface area contributed by atoms with E-state index in [0.717, 1.165) is 28.8 Å². The Balaban J connectivity index is 1.28. The van der Waals surface area contributed by atoms with E-state index in [-0.39, 0.29) is 24.6 Å². The molecule has 1 fully saturated rings. The number of nitrogens with zero attached hydrogens (tertiary/aromatic N) is 4. The van der Waals surface area contributed by atoms with Crippen LogP contribution in [0.5, 0.6) is 0 Å². The lowest BCUT2D eigenvalue weighted by Crippen LogP contribution is -2.51. The maximum Gasteiger partial charge on any atom is 0.275 e. The first-order chi connectivity index (χ1) is 14.6. The van der Waals surface area contributed by atoms with Crippen molar-refractivity contribution in [3.8, 4) is 0 Å². The van der Waals surface area contributed by atoms with Crippen molar-refractivity contribution in [3.63, 3.8) is 0 Å². The van der Waals surface area contributed by atoms with Crippen molar-refractivity contribution in [1.82, 2.24) is 20.0 Å². The molecule has 0 aliphatic carbocycles. The van der Waals surface area contributed by atoms with Crippen LogP contribution < -0.4 is 15.8 Å². The van der Waals surface area contributed by atoms with E-state index in [2.05, 4.69) is 27.4 Å². The van der Waals surface area contributed by atoms with Crippen LogP contribution in [0.4, 0.5) is 5.69 Å². The highest BCUT2D eigenvalue weighted by Crippen LogP contribution is 2.15. The second kappa shape index (κ2) is 8.77. The van der Waals surface area contributed by atoms with Crippen LogP contribution in [-0.4, -0.2) is 59.2 Å². The number of rotatable bonds is 5. The first kappa shape index (κ1) is 19.6. The number of aromatic nitrogens is 2. The molecule has 2 aromatic carbocycles. The van der Waals surface area contributed by atoms with Crippen molar-refractivity contribution in [2.24, 2.45) is 0 Å². The average Bonchev–Trinajstić information content (AvgIpc) is 2.80. The highest BCUT2D eigenvalue weighted by molar-refractivity contribution is 5.85. The molecule has 0 unspecified atom stereocenters. The number of nitrogens with one attached hydrogen (secondary N) is 1. The van der Waals surface area contributed by atoms with E-state index in [0.29, 0.717) is 18.5 Å². The summed E-state index contributed by atoms with van der Waals surface area (Å²) >= 11 is 0. The maximum absolute atomic E-state index is 12.4. The number of hydrogen-bond donors (Lipinski definition) is 1. The summed E-state index contributed by atoms with van der Waals surface area (Å²) in [6.07, 6.45) is 1.56. The molecule has 1 aliphatic heterocycles. The van der Waals surface area contributed by atoms with Crippen LogP contribution in [0, 0.1) is 0 Å². The van der Waals surface area contributed by atoms with E-state index >= 15 is 0 Å². The van der Waals surface area contributed by atoms with Gasteiger partial charge in [-0.25, -0.2) is 4.68 Å². The second-order valence-corrected chi connectivity index (χ2v) is 7.17. The standard InChI is InChI=1S/C22H23N5O3/c28-20(16-27-22(30)19-9-5-4-6-17(19)14-24-27)23-15-21(29)26-12-10-25(11-13-26)18-7-2-1-3-8-18/h1-9,14H,10-13,15-16H2,(H,23,28). The van der Waals surface area contributed by atoms with Crippen molar-refractivity contribution in [3.05, 3.63) is 71.1 Å². The van der Waals surface area contributed by atoms with Gasteiger partial charge in [-0.15, -0.1) is 0 Å². The molecule has 1 aromatic heterocycles. The maximum atomic E-state index is 12.4. The molecule has 0 bridgehead atoms. The van der Waals surface area contributed by atoms with Gasteiger partial charge in [0.05, 0.1) is 18.1 Å². The first-order valence-electron chi connectivity index (χ1n) is 9.91. The monoisotopic (exact) mass is 405 g/mol. The SMILES string of the molecule is O=C(Cn1ncc2ccccc2c1=O)NCC(=O)N1CCN(c2ccccc2)CC1. The van der Waals surface area contributed by atoms with Crippen LogP contribution in [0.2, 0.25) is 0 Å². The minimum Gasteiger partial charge on any atom is -0.368 e. The summed E-state index contributed by atoms with van der Waals surface area (Å²) in [5, 5.41) is 7.88. The smallest absolute Gasteiger partial charge is 0.275 e. The summed E-state index contributed by atoms with van der Waals surface area (Å²) in [6.45, 7) is 2.40. The molecule has 1 aliphatic rings. The Labute approximate surface area is 173 Å². The summed E-state index contributed by atoms with van der Waals surface area (Å²) in [6, 6.07) is 17.2. The van der Waals surface area contributed by atoms with Crippen molar-refractivity contribution in [1.29, 1.82) is 0 Å². The Kier molecular flexibility index (Phi) is 5.74. The zero-order chi connectivity index (χ0) is 20.9. The number of amides is 2. The molecule has 2 amide bonds. The molecule has 8 heteroatoms. The topological polar surface area (TPSA) is 87.5 Å². The van der Waals surface area contributed by atoms with Crippen molar-refractivity contribution in [2.75, 3.05) is 37.6 Å². The highest BCUT2D eigenvalue weighted by Gasteiger charge is 2.21. The summed E-state index contributed by atoms with van der Waals surface area (Å²) in [5.41, 5.74) is 0.817. The Morgan fingerprint density at radius 3 is 2.40 bits per heavy atom. The van der Waals surface area contributed by atoms with E-state index in [1.54, 1.807) is 29.3 Å². The normalized spacial score (nSPS) is 14.0. The average molecular weight is 405 g/mol. The fourth-order valence-corrected chi connectivity index (χ4v) is 3.57. The quantitative estimate of drug-likeness (QED) is 0.680. The largest absolute Gasteiger partial charge is 0.368 e. The number of anilines is 1. The zero-order valence-corrected chi connectivity index (χ0v) is 16.5. The molecular formula is C22H23N5O3. The Bertz CT molecular complexity index is 1100. The summed E-state index contributed by atoms with van der Waals surface area (Å²) in [7, 11) is 0. The van der Waals surface area contributed by atoms with Gasteiger partial charge in [0.25, 0.3) is 5.56 Å². The van der Waals surface area contributed by atoms with Gasteiger partial charge < -0.3 is 15.1 Å². The molecule has 0 radical (unpaired) electrons. The zero-order valence-electron chi connectivity index (χ0n) is 16.5. The molecule has 30 heavy (non-hydrogen) atoms. The molecule has 2 heterocycles. The van der Waals surface area contributed by atoms with Crippen LogP contribution in [-0.2, 0) is 16.1 Å². The van der Waals surface area contributed by atoms with Gasteiger partial charge in [-0.05, 0) is 18.2 Å². The predicted octanol–water partition coefficient (Wildman–Crippen LogP) is 0.861. The van der Waals surface area contributed by atoms with Gasteiger partial charge in [0.2, 0.25) is 11.8 Å². The lowest BCUT2D eigenvalue weighted by atomic mass is 10.2. The van der Waals surface area contributed by atoms with Gasteiger partial charge in [-0.3, -0.25) is 14.4 Å². The van der Waals surface area contributed by atoms with Crippen molar-refractivity contribution < 1.29 is 9.59 Å². The fourth-order valence-electron chi connectivity index (χ4n) is 3.57. The van der Waals surface area contributed by atoms with Crippen LogP contribution in [0.25, 0.3) is 10.8 Å². The van der Waals surface area contributed by atoms with Gasteiger partial charge in [0.1, 0.15) is 6.54 Å². The summed E-state index contributed by atoms with van der Waals surface area (Å²) in [5.74, 6) is -0.550. The van der Waals surface area contributed by atoms with Crippen molar-refractivity contribution in [2.45, 2.75) is 6.54 Å². The van der Waals surface area contributed by atoms with Crippen LogP contribution in [0.15, 0.2) is 65.6 Å². The van der Waals surface area contributed by atoms with Crippen LogP contribution in [0.1, 0.15) is 0 Å². The van der Waals surface area contributed by atoms with Gasteiger partial charge >= 0.3 is 0 Å². The van der Waals surface area contributed by atoms with Gasteiger partial charge in [0.15, 0.2) is 0 Å². The Morgan fingerprint density at radius 1 is 0.933 bits per heavy atom. The van der Waals surface area contributed by atoms with Gasteiger partial charge in [-0.1, -0.05) is 36.4 Å². The fraction of sp³-hybridized carbons (Fsp3) is 0.273. The third kappa shape index (κ3) is 4.32. The van der Waals surface area contributed by atoms with E-state index in [9.17, 15) is 14.4 Å². The lowest BCUT2D eigenvalue weighted by molar-refractivity contribution is -0.133. The number of benzene rings is 2. The van der Waals surface area contributed by atoms with Crippen molar-refractivity contribution >= 4 is 28.3 Å². The Hall–Kier alpha value is -3.68. The molecule has 4 rings (SSSR count). The molecule has 1 saturated heterocycles. The molecule has 154 valence electrons. The molecule has 0 spiro atoms. The van der Waals surface area contributed by atoms with Gasteiger partial charge in [0, 0.05) is 37.3 Å². The highest BCUT2D eigenvalue weighted by atomic mass is 16.2. The van der Waals surface area contributed by atoms with E-state index in [1.165, 1.54) is 0 Å². The molecule has 0 atom stereocenters. The minimum atomic E-state index is -0.420. The summed E-state index contributed by atoms with van der Waals surface area (Å²) < 4.78 is 1.11. The Morgan fingerprint density at radius 2 is 1.63 bits per heavy atom. The summed E-state index contributed by atoms with van der Waals surface area (Å²) in [4.78, 5) is 41.1. The minimum absolute atomic E-state index is 0.0908. The third-order valence-electron chi connectivity index (χ3n) is 5.25. The molecular weight excluding hydrogens is 382 g/mol. The molecule has 0 saturated carbocycles. The molecule has 8 nitrogen and oxygen atoms in total. The van der Waals surface area contributed by atoms with Crippen LogP contribution >= 0.6 is 0 Å². The van der Waals surface area contributed by atoms with Crippen LogP contribution in [0.3, 0.4) is 0 Å². The molecule has 3 aromatic rings.